The summed E-state index contributed by atoms with van der Waals surface area (Å²) >= 11 is 0. The molecular weight excluding hydrogens is 348 g/mol. The minimum atomic E-state index is -3.49. The molecule has 0 unspecified atom stereocenters. The first-order valence-corrected chi connectivity index (χ1v) is 11.4. The smallest absolute Gasteiger partial charge is 0.232 e. The molecule has 1 heterocycles. The van der Waals surface area contributed by atoms with Crippen LogP contribution in [0.1, 0.15) is 69.9 Å². The quantitative estimate of drug-likeness (QED) is 0.724. The van der Waals surface area contributed by atoms with Crippen molar-refractivity contribution in [2.75, 3.05) is 30.2 Å². The molecule has 1 fully saturated rings. The van der Waals surface area contributed by atoms with E-state index in [0.717, 1.165) is 42.7 Å². The predicted octanol–water partition coefficient (Wildman–Crippen LogP) is 3.71. The number of rotatable bonds is 7. The van der Waals surface area contributed by atoms with E-state index in [9.17, 15) is 13.2 Å². The summed E-state index contributed by atoms with van der Waals surface area (Å²) in [6, 6.07) is 5.97. The van der Waals surface area contributed by atoms with Crippen LogP contribution in [0.2, 0.25) is 0 Å². The van der Waals surface area contributed by atoms with Crippen LogP contribution < -0.4 is 4.31 Å². The van der Waals surface area contributed by atoms with Gasteiger partial charge in [0.1, 0.15) is 0 Å². The number of amides is 1. The van der Waals surface area contributed by atoms with Crippen molar-refractivity contribution in [1.82, 2.24) is 4.90 Å². The van der Waals surface area contributed by atoms with E-state index in [1.54, 1.807) is 0 Å². The Kier molecular flexibility index (Phi) is 6.72. The number of benzene rings is 1. The predicted molar refractivity (Wildman–Crippen MR) is 107 cm³/mol. The monoisotopic (exact) mass is 380 g/mol. The number of sulfonamides is 1. The van der Waals surface area contributed by atoms with Gasteiger partial charge in [0.25, 0.3) is 0 Å². The molecule has 1 saturated heterocycles. The van der Waals surface area contributed by atoms with Crippen LogP contribution in [0.3, 0.4) is 0 Å². The SMILES string of the molecule is CC(C)c1cccc(C(C)C)c1N(CCC(=O)N1CCCC1)S(C)(=O)=O. The fourth-order valence-corrected chi connectivity index (χ4v) is 4.53. The molecule has 2 rings (SSSR count). The van der Waals surface area contributed by atoms with Gasteiger partial charge in [-0.2, -0.15) is 0 Å². The van der Waals surface area contributed by atoms with E-state index in [1.165, 1.54) is 10.6 Å². The summed E-state index contributed by atoms with van der Waals surface area (Å²) in [6.45, 7) is 10.0. The third kappa shape index (κ3) is 4.78. The summed E-state index contributed by atoms with van der Waals surface area (Å²) in [7, 11) is -3.49. The topological polar surface area (TPSA) is 57.7 Å². The van der Waals surface area contributed by atoms with E-state index in [-0.39, 0.29) is 30.7 Å². The zero-order chi connectivity index (χ0) is 19.5. The van der Waals surface area contributed by atoms with Crippen molar-refractivity contribution in [3.05, 3.63) is 29.3 Å². The number of likely N-dealkylation sites (tertiary alicyclic amines) is 1. The van der Waals surface area contributed by atoms with Gasteiger partial charge in [-0.15, -0.1) is 0 Å². The maximum Gasteiger partial charge on any atom is 0.232 e. The van der Waals surface area contributed by atoms with Crippen LogP contribution in [0, 0.1) is 0 Å². The highest BCUT2D eigenvalue weighted by atomic mass is 32.2. The summed E-state index contributed by atoms with van der Waals surface area (Å²) in [5.74, 6) is 0.439. The van der Waals surface area contributed by atoms with Gasteiger partial charge in [0, 0.05) is 26.1 Å². The number of para-hydroxylation sites is 1. The molecule has 0 aromatic heterocycles. The van der Waals surface area contributed by atoms with Crippen molar-refractivity contribution in [1.29, 1.82) is 0 Å². The molecule has 0 N–H and O–H groups in total. The van der Waals surface area contributed by atoms with Gasteiger partial charge in [-0.25, -0.2) is 8.42 Å². The average molecular weight is 381 g/mol. The maximum atomic E-state index is 12.6. The lowest BCUT2D eigenvalue weighted by atomic mass is 9.92. The number of anilines is 1. The lowest BCUT2D eigenvalue weighted by molar-refractivity contribution is -0.129. The van der Waals surface area contributed by atoms with Crippen molar-refractivity contribution in [3.63, 3.8) is 0 Å². The van der Waals surface area contributed by atoms with Crippen LogP contribution in [0.25, 0.3) is 0 Å². The van der Waals surface area contributed by atoms with Gasteiger partial charge in [0.15, 0.2) is 0 Å². The summed E-state index contributed by atoms with van der Waals surface area (Å²) < 4.78 is 26.7. The Balaban J connectivity index is 2.39. The zero-order valence-corrected chi connectivity index (χ0v) is 17.5. The van der Waals surface area contributed by atoms with Crippen LogP contribution in [0.5, 0.6) is 0 Å². The van der Waals surface area contributed by atoms with Crippen molar-refractivity contribution < 1.29 is 13.2 Å². The molecule has 1 aromatic rings. The molecular formula is C20H32N2O3S. The highest BCUT2D eigenvalue weighted by molar-refractivity contribution is 7.92. The second kappa shape index (κ2) is 8.42. The van der Waals surface area contributed by atoms with Crippen molar-refractivity contribution >= 4 is 21.6 Å². The molecule has 0 aliphatic carbocycles. The highest BCUT2D eigenvalue weighted by Crippen LogP contribution is 2.36. The molecule has 1 aromatic carbocycles. The Labute approximate surface area is 158 Å². The molecule has 6 heteroatoms. The third-order valence-electron chi connectivity index (χ3n) is 4.98. The molecule has 1 amide bonds. The van der Waals surface area contributed by atoms with Gasteiger partial charge in [0.05, 0.1) is 11.9 Å². The van der Waals surface area contributed by atoms with Gasteiger partial charge < -0.3 is 4.90 Å². The van der Waals surface area contributed by atoms with Crippen LogP contribution in [0.4, 0.5) is 5.69 Å². The fourth-order valence-electron chi connectivity index (χ4n) is 3.57. The van der Waals surface area contributed by atoms with E-state index in [1.807, 2.05) is 23.1 Å². The Hall–Kier alpha value is -1.56. The van der Waals surface area contributed by atoms with Crippen molar-refractivity contribution in [2.45, 2.75) is 58.8 Å². The Morgan fingerprint density at radius 3 is 2.00 bits per heavy atom. The Morgan fingerprint density at radius 2 is 1.58 bits per heavy atom. The van der Waals surface area contributed by atoms with Gasteiger partial charge in [-0.1, -0.05) is 45.9 Å². The molecule has 0 spiro atoms. The number of nitrogens with zero attached hydrogens (tertiary/aromatic N) is 2. The second-order valence-corrected chi connectivity index (χ2v) is 9.67. The summed E-state index contributed by atoms with van der Waals surface area (Å²) in [6.07, 6.45) is 3.52. The zero-order valence-electron chi connectivity index (χ0n) is 16.7. The molecule has 5 nitrogen and oxygen atoms in total. The number of hydrogen-bond donors (Lipinski definition) is 0. The van der Waals surface area contributed by atoms with E-state index in [0.29, 0.717) is 0 Å². The number of hydrogen-bond acceptors (Lipinski definition) is 3. The van der Waals surface area contributed by atoms with Crippen molar-refractivity contribution in [3.8, 4) is 0 Å². The van der Waals surface area contributed by atoms with E-state index < -0.39 is 10.0 Å². The average Bonchev–Trinajstić information content (AvgIpc) is 3.07. The molecule has 0 atom stereocenters. The number of carbonyl (C=O) groups excluding carboxylic acids is 1. The van der Waals surface area contributed by atoms with Crippen molar-refractivity contribution in [2.24, 2.45) is 0 Å². The minimum Gasteiger partial charge on any atom is -0.343 e. The minimum absolute atomic E-state index is 0.0456. The summed E-state index contributed by atoms with van der Waals surface area (Å²) in [4.78, 5) is 14.3. The third-order valence-corrected chi connectivity index (χ3v) is 6.15. The maximum absolute atomic E-state index is 12.6. The van der Waals surface area contributed by atoms with Crippen LogP contribution in [0.15, 0.2) is 18.2 Å². The van der Waals surface area contributed by atoms with E-state index in [2.05, 4.69) is 27.7 Å². The number of carbonyl (C=O) groups is 1. The molecule has 0 saturated carbocycles. The van der Waals surface area contributed by atoms with Crippen LogP contribution in [-0.2, 0) is 14.8 Å². The molecule has 0 bridgehead atoms. The van der Waals surface area contributed by atoms with Crippen LogP contribution in [-0.4, -0.2) is 45.1 Å². The molecule has 26 heavy (non-hydrogen) atoms. The van der Waals surface area contributed by atoms with Gasteiger partial charge in [-0.05, 0) is 35.8 Å². The van der Waals surface area contributed by atoms with Crippen LogP contribution >= 0.6 is 0 Å². The molecule has 1 aliphatic rings. The van der Waals surface area contributed by atoms with Gasteiger partial charge in [-0.3, -0.25) is 9.10 Å². The summed E-state index contributed by atoms with van der Waals surface area (Å²) in [5, 5.41) is 0. The normalized spacial score (nSPS) is 15.1. The first-order chi connectivity index (χ1) is 12.1. The molecule has 1 aliphatic heterocycles. The van der Waals surface area contributed by atoms with E-state index in [4.69, 9.17) is 0 Å². The Morgan fingerprint density at radius 1 is 1.08 bits per heavy atom. The summed E-state index contributed by atoms with van der Waals surface area (Å²) in [5.41, 5.74) is 2.78. The van der Waals surface area contributed by atoms with Gasteiger partial charge in [0.2, 0.25) is 15.9 Å². The highest BCUT2D eigenvalue weighted by Gasteiger charge is 2.27. The fraction of sp³-hybridized carbons (Fsp3) is 0.650. The molecule has 146 valence electrons. The van der Waals surface area contributed by atoms with E-state index >= 15 is 0 Å². The van der Waals surface area contributed by atoms with Gasteiger partial charge >= 0.3 is 0 Å². The first kappa shape index (κ1) is 20.7. The lowest BCUT2D eigenvalue weighted by Crippen LogP contribution is -2.37. The largest absolute Gasteiger partial charge is 0.343 e. The lowest BCUT2D eigenvalue weighted by Gasteiger charge is -2.30. The standard InChI is InChI=1S/C20H32N2O3S/c1-15(2)17-9-8-10-18(16(3)4)20(17)22(26(5,24)25)14-11-19(23)21-12-6-7-13-21/h8-10,15-16H,6-7,11-14H2,1-5H3. The first-order valence-electron chi connectivity index (χ1n) is 9.51. The Bertz CT molecular complexity index is 709. The molecule has 0 radical (unpaired) electrons. The second-order valence-electron chi connectivity index (χ2n) is 7.77.